The first kappa shape index (κ1) is 13.3. The molecule has 0 aromatic rings. The van der Waals surface area contributed by atoms with Crippen molar-refractivity contribution in [3.05, 3.63) is 23.1 Å². The van der Waals surface area contributed by atoms with Crippen LogP contribution in [0.2, 0.25) is 0 Å². The monoisotopic (exact) mass is 255 g/mol. The van der Waals surface area contributed by atoms with Gasteiger partial charge in [0.2, 0.25) is 0 Å². The number of ether oxygens (including phenoxy) is 4. The molecule has 0 aliphatic carbocycles. The number of rotatable bonds is 5. The van der Waals surface area contributed by atoms with E-state index in [-0.39, 0.29) is 24.9 Å². The van der Waals surface area contributed by atoms with Gasteiger partial charge in [-0.1, -0.05) is 11.2 Å². The van der Waals surface area contributed by atoms with E-state index in [2.05, 4.69) is 16.6 Å². The Labute approximate surface area is 105 Å². The van der Waals surface area contributed by atoms with Gasteiger partial charge in [-0.05, 0) is 19.4 Å². The van der Waals surface area contributed by atoms with Crippen LogP contribution >= 0.6 is 0 Å². The Morgan fingerprint density at radius 2 is 2.17 bits per heavy atom. The van der Waals surface area contributed by atoms with Crippen LogP contribution in [0.25, 0.3) is 10.4 Å². The topological polar surface area (TPSA) is 85.7 Å². The maximum Gasteiger partial charge on any atom is 0.187 e. The average Bonchev–Trinajstić information content (AvgIpc) is 2.78. The number of fused-ring (bicyclic) bond motifs is 1. The zero-order valence-electron chi connectivity index (χ0n) is 10.5. The molecule has 0 N–H and O–H groups in total. The molecular weight excluding hydrogens is 238 g/mol. The van der Waals surface area contributed by atoms with Crippen molar-refractivity contribution in [3.8, 4) is 0 Å². The molecule has 100 valence electrons. The fourth-order valence-electron chi connectivity index (χ4n) is 2.20. The first-order chi connectivity index (χ1) is 8.57. The van der Waals surface area contributed by atoms with Crippen molar-refractivity contribution in [2.45, 2.75) is 44.2 Å². The highest BCUT2D eigenvalue weighted by Crippen LogP contribution is 2.39. The van der Waals surface area contributed by atoms with Crippen molar-refractivity contribution < 1.29 is 18.9 Å². The quantitative estimate of drug-likeness (QED) is 0.324. The predicted octanol–water partition coefficient (Wildman–Crippen LogP) is 1.74. The van der Waals surface area contributed by atoms with E-state index in [0.29, 0.717) is 6.61 Å². The first-order valence-corrected chi connectivity index (χ1v) is 5.82. The molecule has 18 heavy (non-hydrogen) atoms. The van der Waals surface area contributed by atoms with Crippen LogP contribution in [0, 0.1) is 0 Å². The zero-order valence-corrected chi connectivity index (χ0v) is 10.5. The minimum absolute atomic E-state index is 0.199. The molecule has 4 atom stereocenters. The molecule has 0 unspecified atom stereocenters. The van der Waals surface area contributed by atoms with Crippen molar-refractivity contribution in [3.63, 3.8) is 0 Å². The van der Waals surface area contributed by atoms with Crippen molar-refractivity contribution >= 4 is 0 Å². The average molecular weight is 255 g/mol. The lowest BCUT2D eigenvalue weighted by Crippen LogP contribution is -2.31. The fraction of sp³-hybridized carbons (Fsp3) is 0.818. The summed E-state index contributed by atoms with van der Waals surface area (Å²) in [6, 6.07) is 0. The molecule has 0 spiro atoms. The lowest BCUT2D eigenvalue weighted by atomic mass is 10.1. The van der Waals surface area contributed by atoms with E-state index in [4.69, 9.17) is 24.5 Å². The lowest BCUT2D eigenvalue weighted by molar-refractivity contribution is -0.229. The third kappa shape index (κ3) is 2.66. The molecule has 7 nitrogen and oxygen atoms in total. The third-order valence-corrected chi connectivity index (χ3v) is 2.81. The van der Waals surface area contributed by atoms with Crippen molar-refractivity contribution in [1.82, 2.24) is 0 Å². The van der Waals surface area contributed by atoms with Gasteiger partial charge >= 0.3 is 0 Å². The van der Waals surface area contributed by atoms with Crippen LogP contribution in [0.1, 0.15) is 13.8 Å². The Kier molecular flexibility index (Phi) is 3.89. The molecule has 2 aliphatic rings. The Hall–Kier alpha value is -1.11. The first-order valence-electron chi connectivity index (χ1n) is 5.82. The van der Waals surface area contributed by atoms with E-state index in [1.54, 1.807) is 6.08 Å². The molecular formula is C11H17N3O4. The molecule has 2 saturated heterocycles. The smallest absolute Gasteiger partial charge is 0.187 e. The number of azide groups is 1. The van der Waals surface area contributed by atoms with E-state index < -0.39 is 12.1 Å². The second-order valence-corrected chi connectivity index (χ2v) is 4.64. The summed E-state index contributed by atoms with van der Waals surface area (Å²) < 4.78 is 22.6. The van der Waals surface area contributed by atoms with Crippen molar-refractivity contribution in [2.24, 2.45) is 5.11 Å². The van der Waals surface area contributed by atoms with E-state index >= 15 is 0 Å². The van der Waals surface area contributed by atoms with Crippen molar-refractivity contribution in [1.29, 1.82) is 0 Å². The molecule has 0 bridgehead atoms. The largest absolute Gasteiger partial charge is 0.346 e. The van der Waals surface area contributed by atoms with Crippen LogP contribution in [0.3, 0.4) is 0 Å². The second-order valence-electron chi connectivity index (χ2n) is 4.64. The summed E-state index contributed by atoms with van der Waals surface area (Å²) in [5.41, 5.74) is 8.36. The van der Waals surface area contributed by atoms with E-state index in [1.165, 1.54) is 0 Å². The fourth-order valence-corrected chi connectivity index (χ4v) is 2.20. The Balaban J connectivity index is 2.07. The van der Waals surface area contributed by atoms with Gasteiger partial charge < -0.3 is 18.9 Å². The Morgan fingerprint density at radius 1 is 1.44 bits per heavy atom. The van der Waals surface area contributed by atoms with Crippen molar-refractivity contribution in [2.75, 3.05) is 13.2 Å². The maximum atomic E-state index is 8.36. The molecule has 2 rings (SSSR count). The highest BCUT2D eigenvalue weighted by atomic mass is 16.8. The number of nitrogens with zero attached hydrogens (tertiary/aromatic N) is 3. The van der Waals surface area contributed by atoms with Crippen LogP contribution in [-0.2, 0) is 18.9 Å². The normalized spacial score (nSPS) is 37.0. The molecule has 7 heteroatoms. The molecule has 0 aromatic heterocycles. The summed E-state index contributed by atoms with van der Waals surface area (Å²) in [4.78, 5) is 2.73. The van der Waals surface area contributed by atoms with E-state index in [9.17, 15) is 0 Å². The third-order valence-electron chi connectivity index (χ3n) is 2.81. The minimum atomic E-state index is -0.677. The Bertz CT molecular complexity index is 367. The van der Waals surface area contributed by atoms with Crippen LogP contribution in [0.4, 0.5) is 0 Å². The highest BCUT2D eigenvalue weighted by molar-refractivity contribution is 4.96. The molecule has 0 amide bonds. The van der Waals surface area contributed by atoms with Gasteiger partial charge in [0.05, 0.1) is 19.3 Å². The van der Waals surface area contributed by atoms with Gasteiger partial charge in [0, 0.05) is 4.91 Å². The van der Waals surface area contributed by atoms with Gasteiger partial charge in [0.25, 0.3) is 0 Å². The van der Waals surface area contributed by atoms with E-state index in [1.807, 2.05) is 13.8 Å². The number of hydrogen-bond acceptors (Lipinski definition) is 5. The molecule has 0 radical (unpaired) electrons. The summed E-state index contributed by atoms with van der Waals surface area (Å²) in [7, 11) is 0. The SMILES string of the molecule is C=CCO[C@@H]1O[C@H](CN=[N+]=[N-])[C@H]2OC(C)(C)O[C@@H]12. The number of hydrogen-bond donors (Lipinski definition) is 0. The summed E-state index contributed by atoms with van der Waals surface area (Å²) in [6.45, 7) is 7.82. The van der Waals surface area contributed by atoms with E-state index in [0.717, 1.165) is 0 Å². The van der Waals surface area contributed by atoms with Gasteiger partial charge in [-0.25, -0.2) is 0 Å². The van der Waals surface area contributed by atoms with Gasteiger partial charge in [-0.2, -0.15) is 0 Å². The van der Waals surface area contributed by atoms with Gasteiger partial charge in [0.15, 0.2) is 12.1 Å². The molecule has 0 aromatic carbocycles. The standard InChI is InChI=1S/C11H17N3O4/c1-4-5-15-10-9-8(17-11(2,3)18-9)7(16-10)6-13-14-12/h4,7-10H,1,5-6H2,2-3H3/t7-,8-,9-,10-/m1/s1. The zero-order chi connectivity index (χ0) is 13.2. The molecule has 0 saturated carbocycles. The van der Waals surface area contributed by atoms with Crippen LogP contribution in [0.5, 0.6) is 0 Å². The van der Waals surface area contributed by atoms with Crippen LogP contribution in [0.15, 0.2) is 17.8 Å². The summed E-state index contributed by atoms with van der Waals surface area (Å²) in [6.07, 6.45) is 0.190. The highest BCUT2D eigenvalue weighted by Gasteiger charge is 2.55. The summed E-state index contributed by atoms with van der Waals surface area (Å²) in [5, 5.41) is 3.52. The van der Waals surface area contributed by atoms with Gasteiger partial charge in [-0.15, -0.1) is 6.58 Å². The van der Waals surface area contributed by atoms with Crippen LogP contribution in [-0.4, -0.2) is 43.5 Å². The molecule has 2 fully saturated rings. The molecule has 2 heterocycles. The Morgan fingerprint density at radius 3 is 2.83 bits per heavy atom. The maximum absolute atomic E-state index is 8.36. The molecule has 2 aliphatic heterocycles. The minimum Gasteiger partial charge on any atom is -0.346 e. The predicted molar refractivity (Wildman–Crippen MR) is 62.6 cm³/mol. The second kappa shape index (κ2) is 5.26. The van der Waals surface area contributed by atoms with Crippen LogP contribution < -0.4 is 0 Å². The summed E-state index contributed by atoms with van der Waals surface area (Å²) >= 11 is 0. The van der Waals surface area contributed by atoms with Gasteiger partial charge in [-0.3, -0.25) is 0 Å². The summed E-state index contributed by atoms with van der Waals surface area (Å²) in [5.74, 6) is -0.677. The van der Waals surface area contributed by atoms with Gasteiger partial charge in [0.1, 0.15) is 12.2 Å². The lowest BCUT2D eigenvalue weighted by Gasteiger charge is -2.23.